The molecule has 0 fully saturated rings. The summed E-state index contributed by atoms with van der Waals surface area (Å²) in [6, 6.07) is 4.85. The SMILES string of the molecule is COc1ccc(C=NNc2nnc(C(C)(C)C)c(=O)[nH]2)cc1O. The van der Waals surface area contributed by atoms with E-state index in [1.54, 1.807) is 12.1 Å². The summed E-state index contributed by atoms with van der Waals surface area (Å²) < 4.78 is 4.96. The molecule has 0 radical (unpaired) electrons. The van der Waals surface area contributed by atoms with E-state index in [1.165, 1.54) is 19.4 Å². The highest BCUT2D eigenvalue weighted by Gasteiger charge is 2.20. The van der Waals surface area contributed by atoms with E-state index in [0.29, 0.717) is 17.0 Å². The van der Waals surface area contributed by atoms with Crippen molar-refractivity contribution >= 4 is 12.2 Å². The summed E-state index contributed by atoms with van der Waals surface area (Å²) in [7, 11) is 1.47. The van der Waals surface area contributed by atoms with E-state index in [4.69, 9.17) is 4.74 Å². The van der Waals surface area contributed by atoms with Gasteiger partial charge < -0.3 is 9.84 Å². The monoisotopic (exact) mass is 317 g/mol. The van der Waals surface area contributed by atoms with Crippen LogP contribution in [-0.4, -0.2) is 33.6 Å². The van der Waals surface area contributed by atoms with Crippen LogP contribution < -0.4 is 15.7 Å². The predicted octanol–water partition coefficient (Wildman–Crippen LogP) is 1.62. The maximum atomic E-state index is 11.9. The third-order valence-corrected chi connectivity index (χ3v) is 2.99. The van der Waals surface area contributed by atoms with E-state index < -0.39 is 0 Å². The molecule has 0 aliphatic carbocycles. The average molecular weight is 317 g/mol. The molecule has 0 atom stereocenters. The minimum absolute atomic E-state index is 0.0131. The zero-order valence-electron chi connectivity index (χ0n) is 13.4. The third kappa shape index (κ3) is 4.06. The largest absolute Gasteiger partial charge is 0.504 e. The fourth-order valence-corrected chi connectivity index (χ4v) is 1.83. The number of nitrogens with one attached hydrogen (secondary N) is 2. The Morgan fingerprint density at radius 2 is 2.09 bits per heavy atom. The molecule has 1 heterocycles. The second-order valence-electron chi connectivity index (χ2n) is 5.90. The van der Waals surface area contributed by atoms with E-state index in [-0.39, 0.29) is 22.7 Å². The zero-order valence-corrected chi connectivity index (χ0v) is 13.4. The van der Waals surface area contributed by atoms with Crippen molar-refractivity contribution in [1.29, 1.82) is 0 Å². The summed E-state index contributed by atoms with van der Waals surface area (Å²) in [6.45, 7) is 5.65. The minimum atomic E-state index is -0.386. The lowest BCUT2D eigenvalue weighted by molar-refractivity contribution is 0.373. The molecular weight excluding hydrogens is 298 g/mol. The van der Waals surface area contributed by atoms with Gasteiger partial charge in [0.1, 0.15) is 5.69 Å². The summed E-state index contributed by atoms with van der Waals surface area (Å²) >= 11 is 0. The van der Waals surface area contributed by atoms with Crippen molar-refractivity contribution in [3.8, 4) is 11.5 Å². The number of aromatic amines is 1. The molecule has 0 unspecified atom stereocenters. The Bertz CT molecular complexity index is 777. The minimum Gasteiger partial charge on any atom is -0.504 e. The van der Waals surface area contributed by atoms with Crippen LogP contribution in [0.4, 0.5) is 5.95 Å². The number of phenolic OH excluding ortho intramolecular Hbond substituents is 1. The number of hydrogen-bond acceptors (Lipinski definition) is 7. The Morgan fingerprint density at radius 1 is 1.35 bits per heavy atom. The van der Waals surface area contributed by atoms with Crippen LogP contribution in [0, 0.1) is 0 Å². The topological polar surface area (TPSA) is 112 Å². The predicted molar refractivity (Wildman–Crippen MR) is 87.2 cm³/mol. The summed E-state index contributed by atoms with van der Waals surface area (Å²) in [5.41, 5.74) is 2.89. The lowest BCUT2D eigenvalue weighted by Crippen LogP contribution is -2.28. The molecule has 8 nitrogen and oxygen atoms in total. The number of methoxy groups -OCH3 is 1. The highest BCUT2D eigenvalue weighted by atomic mass is 16.5. The van der Waals surface area contributed by atoms with Crippen LogP contribution in [0.1, 0.15) is 32.0 Å². The van der Waals surface area contributed by atoms with Crippen molar-refractivity contribution < 1.29 is 9.84 Å². The van der Waals surface area contributed by atoms with Crippen LogP contribution in [0.2, 0.25) is 0 Å². The summed E-state index contributed by atoms with van der Waals surface area (Å²) in [4.78, 5) is 14.5. The van der Waals surface area contributed by atoms with Crippen LogP contribution >= 0.6 is 0 Å². The van der Waals surface area contributed by atoms with Crippen molar-refractivity contribution in [2.75, 3.05) is 12.5 Å². The maximum Gasteiger partial charge on any atom is 0.274 e. The number of aromatic nitrogens is 3. The van der Waals surface area contributed by atoms with Gasteiger partial charge in [-0.3, -0.25) is 9.78 Å². The summed E-state index contributed by atoms with van der Waals surface area (Å²) in [5, 5.41) is 21.4. The number of rotatable bonds is 4. The lowest BCUT2D eigenvalue weighted by Gasteiger charge is -2.15. The van der Waals surface area contributed by atoms with Gasteiger partial charge in [0.25, 0.3) is 5.56 Å². The average Bonchev–Trinajstić information content (AvgIpc) is 2.46. The van der Waals surface area contributed by atoms with Crippen LogP contribution in [-0.2, 0) is 5.41 Å². The second kappa shape index (κ2) is 6.47. The number of hydrazone groups is 1. The van der Waals surface area contributed by atoms with Crippen molar-refractivity contribution in [2.24, 2.45) is 5.10 Å². The van der Waals surface area contributed by atoms with E-state index in [1.807, 2.05) is 20.8 Å². The fraction of sp³-hybridized carbons (Fsp3) is 0.333. The Kier molecular flexibility index (Phi) is 4.63. The number of phenols is 1. The van der Waals surface area contributed by atoms with Gasteiger partial charge >= 0.3 is 0 Å². The Labute approximate surface area is 133 Å². The van der Waals surface area contributed by atoms with Gasteiger partial charge in [0.2, 0.25) is 5.95 Å². The first kappa shape index (κ1) is 16.5. The molecule has 0 spiro atoms. The van der Waals surface area contributed by atoms with Gasteiger partial charge in [0, 0.05) is 5.41 Å². The molecule has 2 aromatic rings. The van der Waals surface area contributed by atoms with E-state index in [0.717, 1.165) is 0 Å². The lowest BCUT2D eigenvalue weighted by atomic mass is 9.93. The first-order valence-corrected chi connectivity index (χ1v) is 6.95. The number of hydrogen-bond donors (Lipinski definition) is 3. The van der Waals surface area contributed by atoms with Gasteiger partial charge in [-0.15, -0.1) is 10.2 Å². The maximum absolute atomic E-state index is 11.9. The molecule has 0 amide bonds. The van der Waals surface area contributed by atoms with Gasteiger partial charge in [0.15, 0.2) is 11.5 Å². The van der Waals surface area contributed by atoms with Crippen LogP contribution in [0.5, 0.6) is 11.5 Å². The van der Waals surface area contributed by atoms with Gasteiger partial charge in [-0.05, 0) is 23.8 Å². The second-order valence-corrected chi connectivity index (χ2v) is 5.90. The van der Waals surface area contributed by atoms with E-state index >= 15 is 0 Å². The Balaban J connectivity index is 2.10. The number of benzene rings is 1. The molecule has 23 heavy (non-hydrogen) atoms. The quantitative estimate of drug-likeness (QED) is 0.583. The molecule has 0 aliphatic rings. The number of anilines is 1. The Hall–Kier alpha value is -2.90. The summed E-state index contributed by atoms with van der Waals surface area (Å²) in [6.07, 6.45) is 1.47. The summed E-state index contributed by atoms with van der Waals surface area (Å²) in [5.74, 6) is 0.527. The standard InChI is InChI=1S/C15H19N5O3/c1-15(2,3)12-13(22)17-14(20-18-12)19-16-8-9-5-6-11(23-4)10(21)7-9/h5-8,21H,1-4H3,(H2,17,19,20,22). The van der Waals surface area contributed by atoms with E-state index in [9.17, 15) is 9.90 Å². The molecular formula is C15H19N5O3. The fourth-order valence-electron chi connectivity index (χ4n) is 1.83. The molecule has 1 aromatic heterocycles. The molecule has 0 saturated carbocycles. The normalized spacial score (nSPS) is 11.7. The number of nitrogens with zero attached hydrogens (tertiary/aromatic N) is 3. The van der Waals surface area contributed by atoms with Gasteiger partial charge in [-0.1, -0.05) is 20.8 Å². The molecule has 1 aromatic carbocycles. The number of H-pyrrole nitrogens is 1. The zero-order chi connectivity index (χ0) is 17.0. The number of aromatic hydroxyl groups is 1. The molecule has 0 aliphatic heterocycles. The molecule has 8 heteroatoms. The van der Waals surface area contributed by atoms with Gasteiger partial charge in [-0.2, -0.15) is 5.10 Å². The molecule has 0 bridgehead atoms. The van der Waals surface area contributed by atoms with Gasteiger partial charge in [0.05, 0.1) is 13.3 Å². The first-order chi connectivity index (χ1) is 10.8. The molecule has 0 saturated heterocycles. The molecule has 2 rings (SSSR count). The first-order valence-electron chi connectivity index (χ1n) is 6.95. The highest BCUT2D eigenvalue weighted by molar-refractivity contribution is 5.81. The van der Waals surface area contributed by atoms with Crippen molar-refractivity contribution in [3.63, 3.8) is 0 Å². The molecule has 3 N–H and O–H groups in total. The van der Waals surface area contributed by atoms with Crippen molar-refractivity contribution in [2.45, 2.75) is 26.2 Å². The van der Waals surface area contributed by atoms with Crippen molar-refractivity contribution in [1.82, 2.24) is 15.2 Å². The van der Waals surface area contributed by atoms with Crippen LogP contribution in [0.25, 0.3) is 0 Å². The Morgan fingerprint density at radius 3 is 2.65 bits per heavy atom. The van der Waals surface area contributed by atoms with Crippen LogP contribution in [0.3, 0.4) is 0 Å². The smallest absolute Gasteiger partial charge is 0.274 e. The van der Waals surface area contributed by atoms with Crippen LogP contribution in [0.15, 0.2) is 28.1 Å². The van der Waals surface area contributed by atoms with Crippen molar-refractivity contribution in [3.05, 3.63) is 39.8 Å². The third-order valence-electron chi connectivity index (χ3n) is 2.99. The van der Waals surface area contributed by atoms with E-state index in [2.05, 4.69) is 25.7 Å². The van der Waals surface area contributed by atoms with Gasteiger partial charge in [-0.25, -0.2) is 5.43 Å². The number of ether oxygens (including phenoxy) is 1. The molecule has 122 valence electrons. The highest BCUT2D eigenvalue weighted by Crippen LogP contribution is 2.25.